The summed E-state index contributed by atoms with van der Waals surface area (Å²) in [6.45, 7) is 0. The Labute approximate surface area is 160 Å². The number of aromatic nitrogens is 4. The first-order chi connectivity index (χ1) is 13.4. The van der Waals surface area contributed by atoms with Crippen LogP contribution in [0.15, 0.2) is 69.6 Å². The van der Waals surface area contributed by atoms with Gasteiger partial charge in [0.2, 0.25) is 5.76 Å². The Morgan fingerprint density at radius 3 is 2.71 bits per heavy atom. The molecule has 3 aromatic heterocycles. The van der Waals surface area contributed by atoms with Crippen LogP contribution in [0, 0.1) is 0 Å². The molecule has 0 saturated heterocycles. The molecule has 0 bridgehead atoms. The van der Waals surface area contributed by atoms with Crippen LogP contribution < -0.4 is 5.56 Å². The van der Waals surface area contributed by atoms with Gasteiger partial charge in [-0.25, -0.2) is 9.97 Å². The lowest BCUT2D eigenvalue weighted by molar-refractivity contribution is -0.153. The van der Waals surface area contributed by atoms with Crippen LogP contribution in [-0.2, 0) is 11.9 Å². The molecule has 4 aromatic rings. The number of para-hydroxylation sites is 1. The largest absolute Gasteiger partial charge is 0.451 e. The zero-order valence-electron chi connectivity index (χ0n) is 14.1. The van der Waals surface area contributed by atoms with Gasteiger partial charge < -0.3 is 4.42 Å². The molecule has 0 saturated carbocycles. The summed E-state index contributed by atoms with van der Waals surface area (Å²) >= 11 is 0.960. The third-order valence-electron chi connectivity index (χ3n) is 3.89. The fourth-order valence-corrected chi connectivity index (χ4v) is 3.61. The molecule has 0 N–H and O–H groups in total. The molecule has 6 nitrogen and oxygen atoms in total. The number of alkyl halides is 3. The van der Waals surface area contributed by atoms with Crippen LogP contribution in [0.3, 0.4) is 0 Å². The van der Waals surface area contributed by atoms with Crippen molar-refractivity contribution in [3.63, 3.8) is 0 Å². The lowest BCUT2D eigenvalue weighted by atomic mass is 10.2. The van der Waals surface area contributed by atoms with Crippen LogP contribution in [0.1, 0.15) is 11.5 Å². The fraction of sp³-hybridized carbons (Fsp3) is 0.111. The first-order valence-corrected chi connectivity index (χ1v) is 8.98. The Morgan fingerprint density at radius 2 is 1.96 bits per heavy atom. The number of oxazole rings is 1. The topological polar surface area (TPSA) is 73.8 Å². The number of halogens is 3. The van der Waals surface area contributed by atoms with E-state index in [9.17, 15) is 18.0 Å². The minimum absolute atomic E-state index is 0.170. The van der Waals surface area contributed by atoms with E-state index in [4.69, 9.17) is 0 Å². The van der Waals surface area contributed by atoms with Crippen molar-refractivity contribution >= 4 is 22.7 Å². The van der Waals surface area contributed by atoms with Crippen molar-refractivity contribution in [2.75, 3.05) is 0 Å². The molecule has 0 spiro atoms. The summed E-state index contributed by atoms with van der Waals surface area (Å²) in [6.07, 6.45) is -0.854. The summed E-state index contributed by atoms with van der Waals surface area (Å²) in [7, 11) is 0. The van der Waals surface area contributed by atoms with Gasteiger partial charge in [-0.05, 0) is 24.3 Å². The minimum atomic E-state index is -4.65. The number of hydrogen-bond donors (Lipinski definition) is 0. The Morgan fingerprint density at radius 1 is 1.14 bits per heavy atom. The van der Waals surface area contributed by atoms with Crippen molar-refractivity contribution in [1.82, 2.24) is 19.5 Å². The molecular weight excluding hydrogens is 393 g/mol. The van der Waals surface area contributed by atoms with Crippen LogP contribution in [0.25, 0.3) is 16.6 Å². The lowest BCUT2D eigenvalue weighted by Gasteiger charge is -2.12. The van der Waals surface area contributed by atoms with Gasteiger partial charge in [-0.15, -0.1) is 0 Å². The van der Waals surface area contributed by atoms with Gasteiger partial charge in [-0.3, -0.25) is 14.3 Å². The number of benzene rings is 1. The molecule has 0 unspecified atom stereocenters. The maximum atomic E-state index is 13.0. The van der Waals surface area contributed by atoms with Crippen LogP contribution in [0.2, 0.25) is 0 Å². The number of thioether (sulfide) groups is 1. The average molecular weight is 404 g/mol. The van der Waals surface area contributed by atoms with E-state index in [-0.39, 0.29) is 22.2 Å². The molecule has 3 heterocycles. The number of rotatable bonds is 4. The summed E-state index contributed by atoms with van der Waals surface area (Å²) in [6, 6.07) is 10.1. The second-order valence-electron chi connectivity index (χ2n) is 5.68. The maximum Gasteiger partial charge on any atom is 0.451 e. The molecular formula is C18H11F3N4O2S. The van der Waals surface area contributed by atoms with Gasteiger partial charge >= 0.3 is 6.18 Å². The summed E-state index contributed by atoms with van der Waals surface area (Å²) in [5.74, 6) is -1.33. The highest BCUT2D eigenvalue weighted by atomic mass is 32.2. The van der Waals surface area contributed by atoms with Gasteiger partial charge in [0.15, 0.2) is 11.6 Å². The zero-order valence-corrected chi connectivity index (χ0v) is 14.9. The number of hydrogen-bond acceptors (Lipinski definition) is 6. The predicted molar refractivity (Wildman–Crippen MR) is 96.2 cm³/mol. The smallest absolute Gasteiger partial charge is 0.439 e. The van der Waals surface area contributed by atoms with Crippen LogP contribution in [-0.4, -0.2) is 19.5 Å². The molecule has 0 aliphatic rings. The monoisotopic (exact) mass is 404 g/mol. The van der Waals surface area contributed by atoms with Gasteiger partial charge in [0.1, 0.15) is 5.69 Å². The van der Waals surface area contributed by atoms with Gasteiger partial charge in [0.05, 0.1) is 22.8 Å². The lowest BCUT2D eigenvalue weighted by Crippen LogP contribution is -2.22. The fourth-order valence-electron chi connectivity index (χ4n) is 2.66. The number of nitrogens with zero attached hydrogens (tertiary/aromatic N) is 4. The van der Waals surface area contributed by atoms with E-state index in [1.54, 1.807) is 42.6 Å². The Kier molecular flexibility index (Phi) is 4.63. The minimum Gasteiger partial charge on any atom is -0.439 e. The van der Waals surface area contributed by atoms with Gasteiger partial charge in [-0.2, -0.15) is 13.2 Å². The summed E-state index contributed by atoms with van der Waals surface area (Å²) in [5.41, 5.74) is 0.311. The van der Waals surface area contributed by atoms with Crippen molar-refractivity contribution in [2.45, 2.75) is 17.1 Å². The zero-order chi connectivity index (χ0) is 19.7. The maximum absolute atomic E-state index is 13.0. The highest BCUT2D eigenvalue weighted by Gasteiger charge is 2.38. The van der Waals surface area contributed by atoms with Crippen molar-refractivity contribution in [2.24, 2.45) is 0 Å². The summed E-state index contributed by atoms with van der Waals surface area (Å²) in [4.78, 5) is 25.1. The van der Waals surface area contributed by atoms with Crippen molar-refractivity contribution in [1.29, 1.82) is 0 Å². The Balaban J connectivity index is 1.80. The van der Waals surface area contributed by atoms with Crippen LogP contribution in [0.4, 0.5) is 13.2 Å². The predicted octanol–water partition coefficient (Wildman–Crippen LogP) is 4.08. The molecule has 0 fully saturated rings. The van der Waals surface area contributed by atoms with E-state index < -0.39 is 11.9 Å². The van der Waals surface area contributed by atoms with E-state index in [1.807, 2.05) is 0 Å². The average Bonchev–Trinajstić information content (AvgIpc) is 3.16. The highest BCUT2D eigenvalue weighted by molar-refractivity contribution is 7.98. The highest BCUT2D eigenvalue weighted by Crippen LogP contribution is 2.34. The number of fused-ring (bicyclic) bond motifs is 1. The Hall–Kier alpha value is -3.14. The first-order valence-electron chi connectivity index (χ1n) is 7.99. The molecule has 142 valence electrons. The molecule has 0 atom stereocenters. The van der Waals surface area contributed by atoms with Gasteiger partial charge in [0.25, 0.3) is 5.56 Å². The Bertz CT molecular complexity index is 1190. The molecule has 1 aromatic carbocycles. The second kappa shape index (κ2) is 7.12. The first kappa shape index (κ1) is 18.2. The van der Waals surface area contributed by atoms with E-state index in [2.05, 4.69) is 19.4 Å². The van der Waals surface area contributed by atoms with E-state index in [0.29, 0.717) is 16.6 Å². The molecule has 0 radical (unpaired) electrons. The quantitative estimate of drug-likeness (QED) is 0.377. The van der Waals surface area contributed by atoms with Crippen LogP contribution >= 0.6 is 11.8 Å². The van der Waals surface area contributed by atoms with Crippen LogP contribution in [0.5, 0.6) is 0 Å². The molecule has 0 aliphatic carbocycles. The van der Waals surface area contributed by atoms with E-state index in [0.717, 1.165) is 18.2 Å². The third kappa shape index (κ3) is 3.38. The molecule has 28 heavy (non-hydrogen) atoms. The summed E-state index contributed by atoms with van der Waals surface area (Å²) in [5, 5.41) is 0.626. The summed E-state index contributed by atoms with van der Waals surface area (Å²) < 4.78 is 44.8. The van der Waals surface area contributed by atoms with E-state index >= 15 is 0 Å². The van der Waals surface area contributed by atoms with E-state index in [1.165, 1.54) is 10.8 Å². The molecule has 0 aliphatic heterocycles. The molecule has 0 amide bonds. The van der Waals surface area contributed by atoms with Crippen molar-refractivity contribution < 1.29 is 17.6 Å². The molecule has 4 rings (SSSR count). The second-order valence-corrected chi connectivity index (χ2v) is 6.62. The van der Waals surface area contributed by atoms with Gasteiger partial charge in [-0.1, -0.05) is 23.9 Å². The third-order valence-corrected chi connectivity index (χ3v) is 4.84. The molecule has 10 heteroatoms. The van der Waals surface area contributed by atoms with Crippen molar-refractivity contribution in [3.8, 4) is 5.69 Å². The SMILES string of the molecule is O=c1c2ccccc2nc(SCc2ncoc2C(F)(F)F)n1-c1cccnc1. The van der Waals surface area contributed by atoms with Gasteiger partial charge in [0, 0.05) is 11.9 Å². The normalized spacial score (nSPS) is 11.8. The van der Waals surface area contributed by atoms with Crippen molar-refractivity contribution in [3.05, 3.63) is 77.0 Å². The standard InChI is InChI=1S/C18H11F3N4O2S/c19-18(20,21)15-14(23-10-27-15)9-28-17-24-13-6-2-1-5-12(13)16(26)25(17)11-4-3-7-22-8-11/h1-8,10H,9H2. The number of pyridine rings is 1.